The second-order valence-corrected chi connectivity index (χ2v) is 13.5. The number of para-hydroxylation sites is 2. The van der Waals surface area contributed by atoms with Gasteiger partial charge in [0.2, 0.25) is 0 Å². The van der Waals surface area contributed by atoms with Gasteiger partial charge in [0.25, 0.3) is 0 Å². The fourth-order valence-corrected chi connectivity index (χ4v) is 9.14. The van der Waals surface area contributed by atoms with Gasteiger partial charge < -0.3 is 14.6 Å². The largest absolute Gasteiger partial charge is 0.481 e. The number of likely N-dealkylation sites (tertiary alicyclic amines) is 1. The molecule has 2 bridgehead atoms. The number of aromatic nitrogens is 2. The van der Waals surface area contributed by atoms with E-state index in [1.54, 1.807) is 6.07 Å². The van der Waals surface area contributed by atoms with Crippen LogP contribution in [0.2, 0.25) is 0 Å². The first-order chi connectivity index (χ1) is 19.9. The molecule has 4 heterocycles. The van der Waals surface area contributed by atoms with Crippen molar-refractivity contribution in [2.24, 2.45) is 11.3 Å². The van der Waals surface area contributed by atoms with Crippen LogP contribution in [0.15, 0.2) is 48.5 Å². The smallest absolute Gasteiger partial charge is 0.310 e. The van der Waals surface area contributed by atoms with Gasteiger partial charge in [0, 0.05) is 50.2 Å². The number of rotatable bonds is 7. The summed E-state index contributed by atoms with van der Waals surface area (Å²) < 4.78 is 16.9. The Balaban J connectivity index is 1.11. The second kappa shape index (κ2) is 10.8. The van der Waals surface area contributed by atoms with E-state index in [1.165, 1.54) is 24.4 Å². The molecule has 3 saturated heterocycles. The van der Waals surface area contributed by atoms with E-state index >= 15 is 0 Å². The summed E-state index contributed by atoms with van der Waals surface area (Å²) in [5.74, 6) is 0.874. The van der Waals surface area contributed by atoms with Gasteiger partial charge in [-0.05, 0) is 81.2 Å². The lowest BCUT2D eigenvalue weighted by atomic mass is 9.73. The SMILES string of the molecule is Cc1nc2ccccc2n1C1CC2CCC(C1)N2C[C@H]1CN(CC2(C(=O)O)CCCCC2)C[C@@H]1c1cccc(F)c1. The molecular formula is C34H43FN4O2. The molecule has 1 aliphatic carbocycles. The third-order valence-corrected chi connectivity index (χ3v) is 11.0. The van der Waals surface area contributed by atoms with Crippen molar-refractivity contribution in [3.05, 3.63) is 65.7 Å². The van der Waals surface area contributed by atoms with E-state index in [-0.39, 0.29) is 11.7 Å². The summed E-state index contributed by atoms with van der Waals surface area (Å²) in [7, 11) is 0. The summed E-state index contributed by atoms with van der Waals surface area (Å²) in [5, 5.41) is 10.3. The van der Waals surface area contributed by atoms with E-state index < -0.39 is 11.4 Å². The van der Waals surface area contributed by atoms with E-state index in [0.717, 1.165) is 81.5 Å². The van der Waals surface area contributed by atoms with Gasteiger partial charge in [0.05, 0.1) is 16.4 Å². The number of hydrogen-bond donors (Lipinski definition) is 1. The highest BCUT2D eigenvalue weighted by Gasteiger charge is 2.47. The van der Waals surface area contributed by atoms with Crippen LogP contribution in [0.1, 0.15) is 81.1 Å². The minimum atomic E-state index is -0.636. The topological polar surface area (TPSA) is 61.6 Å². The number of aliphatic carboxylic acids is 1. The zero-order valence-electron chi connectivity index (χ0n) is 24.2. The molecule has 1 N–H and O–H groups in total. The van der Waals surface area contributed by atoms with Crippen molar-refractivity contribution in [1.29, 1.82) is 0 Å². The highest BCUT2D eigenvalue weighted by Crippen LogP contribution is 2.45. The zero-order valence-corrected chi connectivity index (χ0v) is 24.2. The maximum Gasteiger partial charge on any atom is 0.310 e. The van der Waals surface area contributed by atoms with E-state index in [9.17, 15) is 14.3 Å². The lowest BCUT2D eigenvalue weighted by Gasteiger charge is -2.42. The highest BCUT2D eigenvalue weighted by molar-refractivity contribution is 5.76. The van der Waals surface area contributed by atoms with Crippen LogP contribution in [0.25, 0.3) is 11.0 Å². The fourth-order valence-electron chi connectivity index (χ4n) is 9.14. The summed E-state index contributed by atoms with van der Waals surface area (Å²) in [4.78, 5) is 22.5. The van der Waals surface area contributed by atoms with Gasteiger partial charge in [-0.25, -0.2) is 9.37 Å². The molecule has 1 aromatic heterocycles. The Labute approximate surface area is 242 Å². The summed E-state index contributed by atoms with van der Waals surface area (Å²) in [6.07, 6.45) is 9.43. The molecule has 2 aromatic carbocycles. The summed E-state index contributed by atoms with van der Waals surface area (Å²) in [6, 6.07) is 17.2. The van der Waals surface area contributed by atoms with Gasteiger partial charge in [0.1, 0.15) is 11.6 Å². The number of carboxylic acid groups (broad SMARTS) is 1. The van der Waals surface area contributed by atoms with E-state index in [4.69, 9.17) is 4.98 Å². The summed E-state index contributed by atoms with van der Waals surface area (Å²) >= 11 is 0. The lowest BCUT2D eigenvalue weighted by Crippen LogP contribution is -2.47. The third-order valence-electron chi connectivity index (χ3n) is 11.0. The van der Waals surface area contributed by atoms with E-state index in [0.29, 0.717) is 30.6 Å². The van der Waals surface area contributed by atoms with Crippen molar-refractivity contribution in [3.8, 4) is 0 Å². The molecule has 3 aliphatic heterocycles. The summed E-state index contributed by atoms with van der Waals surface area (Å²) in [6.45, 7) is 5.47. The highest BCUT2D eigenvalue weighted by atomic mass is 19.1. The number of carboxylic acids is 1. The first-order valence-corrected chi connectivity index (χ1v) is 15.8. The van der Waals surface area contributed by atoms with E-state index in [2.05, 4.69) is 51.6 Å². The fraction of sp³-hybridized carbons (Fsp3) is 0.588. The Kier molecular flexibility index (Phi) is 7.14. The van der Waals surface area contributed by atoms with E-state index in [1.807, 2.05) is 6.07 Å². The van der Waals surface area contributed by atoms with Crippen LogP contribution in [0.5, 0.6) is 0 Å². The normalized spacial score (nSPS) is 30.2. The molecule has 2 unspecified atom stereocenters. The number of carbonyl (C=O) groups is 1. The number of halogens is 1. The van der Waals surface area contributed by atoms with Crippen LogP contribution in [-0.4, -0.2) is 68.7 Å². The minimum Gasteiger partial charge on any atom is -0.481 e. The Hall–Kier alpha value is -2.77. The number of imidazole rings is 1. The Morgan fingerprint density at radius 2 is 1.76 bits per heavy atom. The monoisotopic (exact) mass is 558 g/mol. The first kappa shape index (κ1) is 27.1. The number of aryl methyl sites for hydroxylation is 1. The van der Waals surface area contributed by atoms with Gasteiger partial charge in [0.15, 0.2) is 0 Å². The molecule has 0 amide bonds. The van der Waals surface area contributed by atoms with Crippen molar-refractivity contribution >= 4 is 17.0 Å². The molecule has 4 atom stereocenters. The Morgan fingerprint density at radius 3 is 2.49 bits per heavy atom. The summed E-state index contributed by atoms with van der Waals surface area (Å²) in [5.41, 5.74) is 2.76. The predicted octanol–water partition coefficient (Wildman–Crippen LogP) is 6.40. The first-order valence-electron chi connectivity index (χ1n) is 15.8. The van der Waals surface area contributed by atoms with Crippen LogP contribution in [-0.2, 0) is 4.79 Å². The zero-order chi connectivity index (χ0) is 28.1. The third kappa shape index (κ3) is 4.99. The van der Waals surface area contributed by atoms with Crippen LogP contribution in [0.4, 0.5) is 4.39 Å². The predicted molar refractivity (Wildman–Crippen MR) is 158 cm³/mol. The van der Waals surface area contributed by atoms with Crippen molar-refractivity contribution in [3.63, 3.8) is 0 Å². The molecule has 6 nitrogen and oxygen atoms in total. The van der Waals surface area contributed by atoms with Gasteiger partial charge in [-0.2, -0.15) is 0 Å². The Bertz CT molecular complexity index is 1400. The van der Waals surface area contributed by atoms with Crippen LogP contribution in [0.3, 0.4) is 0 Å². The minimum absolute atomic E-state index is 0.183. The average Bonchev–Trinajstić information content (AvgIpc) is 3.58. The van der Waals surface area contributed by atoms with Crippen LogP contribution >= 0.6 is 0 Å². The van der Waals surface area contributed by atoms with Gasteiger partial charge in [-0.1, -0.05) is 43.5 Å². The number of hydrogen-bond acceptors (Lipinski definition) is 4. The van der Waals surface area contributed by atoms with Crippen molar-refractivity contribution in [2.75, 3.05) is 26.2 Å². The van der Waals surface area contributed by atoms with Crippen molar-refractivity contribution in [1.82, 2.24) is 19.4 Å². The van der Waals surface area contributed by atoms with Crippen LogP contribution in [0, 0.1) is 24.1 Å². The molecule has 7 rings (SSSR count). The molecule has 1 saturated carbocycles. The molecule has 0 spiro atoms. The van der Waals surface area contributed by atoms with Gasteiger partial charge in [-0.15, -0.1) is 0 Å². The quantitative estimate of drug-likeness (QED) is 0.364. The molecule has 3 aromatic rings. The molecule has 0 radical (unpaired) electrons. The van der Waals surface area contributed by atoms with Gasteiger partial charge in [-0.3, -0.25) is 9.69 Å². The van der Waals surface area contributed by atoms with Gasteiger partial charge >= 0.3 is 5.97 Å². The molecular weight excluding hydrogens is 515 g/mol. The standard InChI is InChI=1S/C34H43FN4O2/c1-23-36-31-10-3-4-11-32(31)39(23)29-17-27-12-13-28(18-29)38(27)20-25-19-37(21-30(25)24-8-7-9-26(35)16-24)22-34(33(40)41)14-5-2-6-15-34/h3-4,7-11,16,25,27-30H,2,5-6,12-15,17-22H2,1H3,(H,40,41)/t25-,27?,28?,29?,30-/m1/s1. The molecule has 218 valence electrons. The number of piperidine rings is 1. The molecule has 7 heteroatoms. The number of fused-ring (bicyclic) bond motifs is 3. The second-order valence-electron chi connectivity index (χ2n) is 13.5. The lowest BCUT2D eigenvalue weighted by molar-refractivity contribution is -0.152. The maximum absolute atomic E-state index is 14.4. The molecule has 41 heavy (non-hydrogen) atoms. The van der Waals surface area contributed by atoms with Crippen LogP contribution < -0.4 is 0 Å². The number of benzene rings is 2. The van der Waals surface area contributed by atoms with Crippen molar-refractivity contribution < 1.29 is 14.3 Å². The molecule has 4 aliphatic rings. The maximum atomic E-state index is 14.4. The van der Waals surface area contributed by atoms with Crippen molar-refractivity contribution in [2.45, 2.75) is 88.8 Å². The Morgan fingerprint density at radius 1 is 1.00 bits per heavy atom. The number of nitrogens with zero attached hydrogens (tertiary/aromatic N) is 4. The average molecular weight is 559 g/mol. The molecule has 4 fully saturated rings.